The van der Waals surface area contributed by atoms with Crippen LogP contribution < -0.4 is 11.1 Å². The van der Waals surface area contributed by atoms with Crippen molar-refractivity contribution in [3.8, 4) is 0 Å². The summed E-state index contributed by atoms with van der Waals surface area (Å²) >= 11 is 6.88. The molecule has 19 heavy (non-hydrogen) atoms. The lowest BCUT2D eigenvalue weighted by atomic mass is 10.1. The van der Waals surface area contributed by atoms with Crippen LogP contribution in [0.4, 0.5) is 11.5 Å². The highest BCUT2D eigenvalue weighted by atomic mass is 79.9. The molecule has 0 bridgehead atoms. The topological polar surface area (TPSA) is 50.9 Å². The largest absolute Gasteiger partial charge is 0.339 e. The second-order valence-electron chi connectivity index (χ2n) is 4.20. The number of benzene rings is 1. The summed E-state index contributed by atoms with van der Waals surface area (Å²) in [6.07, 6.45) is 3.77. The van der Waals surface area contributed by atoms with Crippen molar-refractivity contribution in [2.75, 3.05) is 11.9 Å². The van der Waals surface area contributed by atoms with Crippen LogP contribution in [0.3, 0.4) is 0 Å². The van der Waals surface area contributed by atoms with Gasteiger partial charge in [0, 0.05) is 16.4 Å². The molecular formula is C14H15Br2N3. The number of nitrogens with two attached hydrogens (primary N) is 1. The highest BCUT2D eigenvalue weighted by Crippen LogP contribution is 2.26. The van der Waals surface area contributed by atoms with Crippen molar-refractivity contribution in [2.24, 2.45) is 5.73 Å². The summed E-state index contributed by atoms with van der Waals surface area (Å²) in [6, 6.07) is 10.3. The van der Waals surface area contributed by atoms with Crippen molar-refractivity contribution >= 4 is 43.4 Å². The normalized spacial score (nSPS) is 10.5. The molecule has 0 saturated heterocycles. The standard InChI is InChI=1S/C14H15Br2N3/c15-11-8-13(16)14(18-9-11)19-12-5-1-3-10(7-12)4-2-6-17/h1,3,5,7-9H,2,4,6,17H2,(H,18,19). The molecule has 0 spiro atoms. The van der Waals surface area contributed by atoms with E-state index in [2.05, 4.69) is 54.3 Å². The first kappa shape index (κ1) is 14.5. The van der Waals surface area contributed by atoms with Crippen LogP contribution in [0.5, 0.6) is 0 Å². The van der Waals surface area contributed by atoms with Gasteiger partial charge in [0.25, 0.3) is 0 Å². The van der Waals surface area contributed by atoms with Crippen molar-refractivity contribution in [3.05, 3.63) is 51.0 Å². The maximum Gasteiger partial charge on any atom is 0.144 e. The van der Waals surface area contributed by atoms with Crippen molar-refractivity contribution in [1.29, 1.82) is 0 Å². The van der Waals surface area contributed by atoms with E-state index in [1.165, 1.54) is 5.56 Å². The minimum atomic E-state index is 0.720. The van der Waals surface area contributed by atoms with E-state index in [4.69, 9.17) is 5.73 Å². The molecule has 0 radical (unpaired) electrons. The molecule has 0 fully saturated rings. The number of rotatable bonds is 5. The van der Waals surface area contributed by atoms with E-state index in [0.717, 1.165) is 39.8 Å². The molecule has 2 rings (SSSR count). The highest BCUT2D eigenvalue weighted by molar-refractivity contribution is 9.11. The van der Waals surface area contributed by atoms with Crippen LogP contribution in [0, 0.1) is 0 Å². The lowest BCUT2D eigenvalue weighted by Crippen LogP contribution is -2.01. The SMILES string of the molecule is NCCCc1cccc(Nc2ncc(Br)cc2Br)c1. The summed E-state index contributed by atoms with van der Waals surface area (Å²) in [6.45, 7) is 0.720. The monoisotopic (exact) mass is 383 g/mol. The van der Waals surface area contributed by atoms with Gasteiger partial charge in [0.1, 0.15) is 5.82 Å². The molecule has 3 N–H and O–H groups in total. The molecule has 0 amide bonds. The Kier molecular flexibility index (Phi) is 5.36. The number of nitrogens with one attached hydrogen (secondary N) is 1. The summed E-state index contributed by atoms with van der Waals surface area (Å²) in [5.74, 6) is 0.805. The number of halogens is 2. The van der Waals surface area contributed by atoms with Gasteiger partial charge in [-0.3, -0.25) is 0 Å². The molecule has 1 heterocycles. The summed E-state index contributed by atoms with van der Waals surface area (Å²) in [5.41, 5.74) is 7.85. The fourth-order valence-electron chi connectivity index (χ4n) is 1.75. The third-order valence-electron chi connectivity index (χ3n) is 2.67. The van der Waals surface area contributed by atoms with Gasteiger partial charge in [-0.2, -0.15) is 0 Å². The molecule has 0 aliphatic heterocycles. The van der Waals surface area contributed by atoms with Crippen LogP contribution in [-0.4, -0.2) is 11.5 Å². The second kappa shape index (κ2) is 7.03. The van der Waals surface area contributed by atoms with Crippen molar-refractivity contribution in [3.63, 3.8) is 0 Å². The smallest absolute Gasteiger partial charge is 0.144 e. The lowest BCUT2D eigenvalue weighted by Gasteiger charge is -2.09. The molecule has 0 saturated carbocycles. The fraction of sp³-hybridized carbons (Fsp3) is 0.214. The van der Waals surface area contributed by atoms with Crippen LogP contribution in [-0.2, 0) is 6.42 Å². The maximum atomic E-state index is 5.54. The Morgan fingerprint density at radius 1 is 1.21 bits per heavy atom. The molecule has 3 nitrogen and oxygen atoms in total. The average Bonchev–Trinajstić information content (AvgIpc) is 2.40. The van der Waals surface area contributed by atoms with E-state index in [-0.39, 0.29) is 0 Å². The van der Waals surface area contributed by atoms with Gasteiger partial charge in [-0.05, 0) is 75.0 Å². The Bertz CT molecular complexity index is 558. The van der Waals surface area contributed by atoms with E-state index in [1.54, 1.807) is 6.20 Å². The van der Waals surface area contributed by atoms with E-state index in [0.29, 0.717) is 0 Å². The van der Waals surface area contributed by atoms with E-state index < -0.39 is 0 Å². The Balaban J connectivity index is 2.14. The van der Waals surface area contributed by atoms with Crippen molar-refractivity contribution in [1.82, 2.24) is 4.98 Å². The van der Waals surface area contributed by atoms with Gasteiger partial charge in [0.05, 0.1) is 4.47 Å². The number of aromatic nitrogens is 1. The van der Waals surface area contributed by atoms with Crippen molar-refractivity contribution in [2.45, 2.75) is 12.8 Å². The molecule has 0 aliphatic carbocycles. The first-order valence-corrected chi connectivity index (χ1v) is 7.64. The van der Waals surface area contributed by atoms with E-state index in [1.807, 2.05) is 18.2 Å². The number of pyridine rings is 1. The van der Waals surface area contributed by atoms with Crippen LogP contribution in [0.25, 0.3) is 0 Å². The second-order valence-corrected chi connectivity index (χ2v) is 5.97. The molecule has 0 atom stereocenters. The molecule has 1 aromatic carbocycles. The predicted molar refractivity (Wildman–Crippen MR) is 86.7 cm³/mol. The molecule has 100 valence electrons. The van der Waals surface area contributed by atoms with E-state index in [9.17, 15) is 0 Å². The molecule has 5 heteroatoms. The Labute approximate surface area is 129 Å². The summed E-state index contributed by atoms with van der Waals surface area (Å²) in [4.78, 5) is 4.34. The van der Waals surface area contributed by atoms with E-state index >= 15 is 0 Å². The Morgan fingerprint density at radius 3 is 2.79 bits per heavy atom. The zero-order valence-corrected chi connectivity index (χ0v) is 13.5. The summed E-state index contributed by atoms with van der Waals surface area (Å²) < 4.78 is 1.87. The molecule has 0 aliphatic rings. The number of nitrogens with zero attached hydrogens (tertiary/aromatic N) is 1. The van der Waals surface area contributed by atoms with Crippen LogP contribution >= 0.6 is 31.9 Å². The predicted octanol–water partition coefficient (Wildman–Crippen LogP) is 4.24. The van der Waals surface area contributed by atoms with Crippen LogP contribution in [0.1, 0.15) is 12.0 Å². The van der Waals surface area contributed by atoms with Gasteiger partial charge in [0.15, 0.2) is 0 Å². The van der Waals surface area contributed by atoms with Gasteiger partial charge in [-0.15, -0.1) is 0 Å². The van der Waals surface area contributed by atoms with Gasteiger partial charge < -0.3 is 11.1 Å². The Hall–Kier alpha value is -0.910. The van der Waals surface area contributed by atoms with Gasteiger partial charge in [-0.25, -0.2) is 4.98 Å². The zero-order valence-electron chi connectivity index (χ0n) is 10.4. The molecule has 0 unspecified atom stereocenters. The lowest BCUT2D eigenvalue weighted by molar-refractivity contribution is 0.833. The summed E-state index contributed by atoms with van der Waals surface area (Å²) in [5, 5.41) is 3.31. The number of hydrogen-bond acceptors (Lipinski definition) is 3. The first-order chi connectivity index (χ1) is 9.19. The Morgan fingerprint density at radius 2 is 2.05 bits per heavy atom. The molecule has 2 aromatic rings. The average molecular weight is 385 g/mol. The van der Waals surface area contributed by atoms with Gasteiger partial charge >= 0.3 is 0 Å². The highest BCUT2D eigenvalue weighted by Gasteiger charge is 2.03. The third kappa shape index (κ3) is 4.30. The zero-order chi connectivity index (χ0) is 13.7. The minimum absolute atomic E-state index is 0.720. The third-order valence-corrected chi connectivity index (χ3v) is 3.71. The van der Waals surface area contributed by atoms with Crippen LogP contribution in [0.2, 0.25) is 0 Å². The van der Waals surface area contributed by atoms with Crippen LogP contribution in [0.15, 0.2) is 45.5 Å². The minimum Gasteiger partial charge on any atom is -0.339 e. The fourth-order valence-corrected chi connectivity index (χ4v) is 2.84. The van der Waals surface area contributed by atoms with Gasteiger partial charge in [0.2, 0.25) is 0 Å². The number of anilines is 2. The van der Waals surface area contributed by atoms with Crippen molar-refractivity contribution < 1.29 is 0 Å². The summed E-state index contributed by atoms with van der Waals surface area (Å²) in [7, 11) is 0. The molecule has 1 aromatic heterocycles. The number of aryl methyl sites for hydroxylation is 1. The quantitative estimate of drug-likeness (QED) is 0.810. The first-order valence-electron chi connectivity index (χ1n) is 6.06. The number of hydrogen-bond donors (Lipinski definition) is 2. The maximum absolute atomic E-state index is 5.54. The van der Waals surface area contributed by atoms with Gasteiger partial charge in [-0.1, -0.05) is 12.1 Å². The molecular weight excluding hydrogens is 370 g/mol.